The van der Waals surface area contributed by atoms with Crippen LogP contribution in [0.2, 0.25) is 0 Å². The Hall–Kier alpha value is -1.06. The lowest BCUT2D eigenvalue weighted by atomic mass is 9.96. The lowest BCUT2D eigenvalue weighted by Crippen LogP contribution is -2.46. The van der Waals surface area contributed by atoms with Crippen molar-refractivity contribution >= 4 is 33.5 Å². The summed E-state index contributed by atoms with van der Waals surface area (Å²) in [5.74, 6) is -1.62. The summed E-state index contributed by atoms with van der Waals surface area (Å²) in [5.41, 5.74) is -0.826. The van der Waals surface area contributed by atoms with E-state index < -0.39 is 48.9 Å². The molecule has 1 saturated heterocycles. The van der Waals surface area contributed by atoms with Crippen LogP contribution >= 0.6 is 11.6 Å². The zero-order valence-electron chi connectivity index (χ0n) is 16.0. The van der Waals surface area contributed by atoms with Gasteiger partial charge in [-0.3, -0.25) is 4.90 Å². The molecular formula is C16H28ClNO7S. The van der Waals surface area contributed by atoms with E-state index in [0.717, 1.165) is 12.0 Å². The van der Waals surface area contributed by atoms with E-state index in [9.17, 15) is 23.1 Å². The predicted octanol–water partition coefficient (Wildman–Crippen LogP) is 1.54. The number of carbonyl (C=O) groups excluding carboxylic acids is 2. The van der Waals surface area contributed by atoms with E-state index in [1.807, 2.05) is 0 Å². The van der Waals surface area contributed by atoms with Crippen molar-refractivity contribution < 1.29 is 32.6 Å². The van der Waals surface area contributed by atoms with Crippen LogP contribution in [-0.4, -0.2) is 71.8 Å². The third kappa shape index (κ3) is 4.80. The minimum atomic E-state index is -3.94. The highest BCUT2D eigenvalue weighted by molar-refractivity contribution is 7.94. The highest BCUT2D eigenvalue weighted by Crippen LogP contribution is 2.39. The summed E-state index contributed by atoms with van der Waals surface area (Å²) in [6.07, 6.45) is -0.823. The van der Waals surface area contributed by atoms with Crippen molar-refractivity contribution in [3.63, 3.8) is 0 Å². The summed E-state index contributed by atoms with van der Waals surface area (Å²) >= 11 is 6.06. The van der Waals surface area contributed by atoms with Gasteiger partial charge in [0.1, 0.15) is 15.8 Å². The smallest absolute Gasteiger partial charge is 0.411 e. The van der Waals surface area contributed by atoms with Gasteiger partial charge in [-0.25, -0.2) is 18.0 Å². The average Bonchev–Trinajstić information content (AvgIpc) is 2.84. The number of hydrogen-bond donors (Lipinski definition) is 1. The number of methoxy groups -OCH3 is 1. The summed E-state index contributed by atoms with van der Waals surface area (Å²) in [7, 11) is -2.78. The number of ether oxygens (including phenoxy) is 2. The zero-order valence-corrected chi connectivity index (χ0v) is 17.6. The molecule has 152 valence electrons. The Morgan fingerprint density at radius 2 is 1.77 bits per heavy atom. The minimum Gasteiger partial charge on any atom is -0.467 e. The number of esters is 1. The molecule has 1 fully saturated rings. The Bertz CT molecular complexity index is 636. The van der Waals surface area contributed by atoms with Crippen LogP contribution in [-0.2, 0) is 24.1 Å². The molecule has 0 aliphatic carbocycles. The molecule has 26 heavy (non-hydrogen) atoms. The number of nitrogens with zero attached hydrogens (tertiary/aromatic N) is 1. The number of alkyl halides is 1. The molecule has 1 aliphatic heterocycles. The summed E-state index contributed by atoms with van der Waals surface area (Å²) in [5, 5.41) is 8.26. The second-order valence-corrected chi connectivity index (χ2v) is 11.6. The summed E-state index contributed by atoms with van der Waals surface area (Å²) < 4.78 is 34.3. The fourth-order valence-electron chi connectivity index (χ4n) is 2.99. The fourth-order valence-corrected chi connectivity index (χ4v) is 5.15. The van der Waals surface area contributed by atoms with Crippen molar-refractivity contribution in [3.05, 3.63) is 0 Å². The topological polar surface area (TPSA) is 110 Å². The van der Waals surface area contributed by atoms with Gasteiger partial charge < -0.3 is 14.6 Å². The molecule has 1 amide bonds. The number of rotatable bonds is 5. The Balaban J connectivity index is 3.39. The van der Waals surface area contributed by atoms with E-state index in [-0.39, 0.29) is 19.6 Å². The van der Waals surface area contributed by atoms with Crippen LogP contribution in [0.15, 0.2) is 0 Å². The number of carbonyl (C=O) groups is 2. The van der Waals surface area contributed by atoms with Crippen LogP contribution < -0.4 is 0 Å². The Labute approximate surface area is 159 Å². The van der Waals surface area contributed by atoms with Gasteiger partial charge in [-0.1, -0.05) is 0 Å². The molecule has 0 bridgehead atoms. The van der Waals surface area contributed by atoms with Gasteiger partial charge in [-0.2, -0.15) is 0 Å². The molecule has 1 heterocycles. The molecule has 0 aromatic rings. The maximum atomic E-state index is 12.9. The molecule has 1 N–H and O–H groups in total. The van der Waals surface area contributed by atoms with Crippen molar-refractivity contribution in [3.8, 4) is 0 Å². The van der Waals surface area contributed by atoms with Gasteiger partial charge in [0, 0.05) is 19.1 Å². The largest absolute Gasteiger partial charge is 0.467 e. The van der Waals surface area contributed by atoms with Crippen molar-refractivity contribution in [2.75, 3.05) is 20.3 Å². The lowest BCUT2D eigenvalue weighted by Gasteiger charge is -2.29. The number of amides is 1. The SMILES string of the molecule is COC(=O)[C@@H]1[C@@H](CCO)[C@@H](S(=O)(=O)C(C)(C)Cl)CN1C(=O)OC(C)(C)C. The Kier molecular flexibility index (Phi) is 6.98. The third-order valence-electron chi connectivity index (χ3n) is 4.20. The van der Waals surface area contributed by atoms with Crippen LogP contribution in [0.3, 0.4) is 0 Å². The van der Waals surface area contributed by atoms with Gasteiger partial charge >= 0.3 is 12.1 Å². The van der Waals surface area contributed by atoms with E-state index in [0.29, 0.717) is 0 Å². The molecule has 10 heteroatoms. The van der Waals surface area contributed by atoms with Gasteiger partial charge in [0.25, 0.3) is 0 Å². The minimum absolute atomic E-state index is 0.00404. The quantitative estimate of drug-likeness (QED) is 0.537. The second kappa shape index (κ2) is 7.90. The van der Waals surface area contributed by atoms with Crippen LogP contribution in [0.1, 0.15) is 41.0 Å². The number of hydrogen-bond acceptors (Lipinski definition) is 7. The first-order valence-corrected chi connectivity index (χ1v) is 10.2. The molecule has 0 saturated carbocycles. The van der Waals surface area contributed by atoms with Crippen molar-refractivity contribution in [2.45, 2.75) is 62.1 Å². The van der Waals surface area contributed by atoms with E-state index in [4.69, 9.17) is 21.1 Å². The van der Waals surface area contributed by atoms with Crippen LogP contribution in [0, 0.1) is 5.92 Å². The maximum absolute atomic E-state index is 12.9. The molecule has 8 nitrogen and oxygen atoms in total. The maximum Gasteiger partial charge on any atom is 0.411 e. The fraction of sp³-hybridized carbons (Fsp3) is 0.875. The molecule has 1 rings (SSSR count). The van der Waals surface area contributed by atoms with Crippen molar-refractivity contribution in [1.82, 2.24) is 4.90 Å². The average molecular weight is 414 g/mol. The van der Waals surface area contributed by atoms with Crippen LogP contribution in [0.25, 0.3) is 0 Å². The monoisotopic (exact) mass is 413 g/mol. The van der Waals surface area contributed by atoms with E-state index in [1.165, 1.54) is 13.8 Å². The summed E-state index contributed by atoms with van der Waals surface area (Å²) in [6, 6.07) is -1.18. The molecular weight excluding hydrogens is 386 g/mol. The van der Waals surface area contributed by atoms with Crippen LogP contribution in [0.5, 0.6) is 0 Å². The predicted molar refractivity (Wildman–Crippen MR) is 96.6 cm³/mol. The number of aliphatic hydroxyl groups is 1. The van der Waals surface area contributed by atoms with E-state index in [1.54, 1.807) is 20.8 Å². The van der Waals surface area contributed by atoms with Gasteiger partial charge in [0.05, 0.1) is 12.4 Å². The molecule has 0 aromatic carbocycles. The number of likely N-dealkylation sites (tertiary alicyclic amines) is 1. The zero-order chi connectivity index (χ0) is 20.5. The number of sulfone groups is 1. The second-order valence-electron chi connectivity index (χ2n) is 7.72. The lowest BCUT2D eigenvalue weighted by molar-refractivity contribution is -0.147. The first-order valence-electron chi connectivity index (χ1n) is 8.28. The van der Waals surface area contributed by atoms with Gasteiger partial charge in [0.2, 0.25) is 0 Å². The van der Waals surface area contributed by atoms with E-state index in [2.05, 4.69) is 0 Å². The number of halogens is 1. The van der Waals surface area contributed by atoms with Crippen molar-refractivity contribution in [2.24, 2.45) is 5.92 Å². The van der Waals surface area contributed by atoms with Crippen LogP contribution in [0.4, 0.5) is 4.79 Å². The van der Waals surface area contributed by atoms with Gasteiger partial charge in [-0.15, -0.1) is 11.6 Å². The highest BCUT2D eigenvalue weighted by atomic mass is 35.5. The summed E-state index contributed by atoms with van der Waals surface area (Å²) in [4.78, 5) is 25.9. The Morgan fingerprint density at radius 3 is 2.15 bits per heavy atom. The first-order chi connectivity index (χ1) is 11.7. The summed E-state index contributed by atoms with van der Waals surface area (Å²) in [6.45, 7) is 7.04. The number of aliphatic hydroxyl groups excluding tert-OH is 1. The molecule has 1 aliphatic rings. The first kappa shape index (κ1) is 23.0. The third-order valence-corrected chi connectivity index (χ3v) is 7.50. The molecule has 3 atom stereocenters. The van der Waals surface area contributed by atoms with Crippen molar-refractivity contribution in [1.29, 1.82) is 0 Å². The molecule has 0 radical (unpaired) electrons. The van der Waals surface area contributed by atoms with E-state index >= 15 is 0 Å². The van der Waals surface area contributed by atoms with Gasteiger partial charge in [0.15, 0.2) is 9.84 Å². The molecule has 0 aromatic heterocycles. The normalized spacial score (nSPS) is 24.5. The standard InChI is InChI=1S/C16H28ClNO7S/c1-15(2,3)25-14(21)18-9-11(26(22,23)16(4,5)17)10(7-8-19)12(18)13(20)24-6/h10-12,19H,7-9H2,1-6H3/t10-,11-,12-/m0/s1. The Morgan fingerprint density at radius 1 is 1.23 bits per heavy atom. The molecule has 0 spiro atoms. The van der Waals surface area contributed by atoms with Gasteiger partial charge in [-0.05, 0) is 41.0 Å². The molecule has 0 unspecified atom stereocenters. The highest BCUT2D eigenvalue weighted by Gasteiger charge is 2.56.